The van der Waals surface area contributed by atoms with Crippen molar-refractivity contribution in [3.8, 4) is 0 Å². The van der Waals surface area contributed by atoms with Crippen molar-refractivity contribution in [3.05, 3.63) is 12.0 Å². The van der Waals surface area contributed by atoms with E-state index in [2.05, 4.69) is 16.6 Å². The van der Waals surface area contributed by atoms with Crippen molar-refractivity contribution in [2.75, 3.05) is 12.8 Å². The lowest BCUT2D eigenvalue weighted by Gasteiger charge is -2.35. The number of rotatable bonds is 2. The summed E-state index contributed by atoms with van der Waals surface area (Å²) in [5.74, 6) is -0.0538. The van der Waals surface area contributed by atoms with Crippen LogP contribution in [0, 0.1) is 0 Å². The Labute approximate surface area is 101 Å². The second kappa shape index (κ2) is 4.39. The lowest BCUT2D eigenvalue weighted by Crippen LogP contribution is -2.33. The average molecular weight is 237 g/mol. The molecule has 0 unspecified atom stereocenters. The van der Waals surface area contributed by atoms with Crippen LogP contribution < -0.4 is 5.73 Å². The van der Waals surface area contributed by atoms with Crippen LogP contribution in [0.15, 0.2) is 6.33 Å². The largest absolute Gasteiger partial charge is 0.464 e. The van der Waals surface area contributed by atoms with E-state index in [1.54, 1.807) is 6.33 Å². The van der Waals surface area contributed by atoms with Gasteiger partial charge in [-0.3, -0.25) is 0 Å². The van der Waals surface area contributed by atoms with E-state index in [1.165, 1.54) is 26.4 Å². The molecule has 0 aromatic carbocycles. The smallest absolute Gasteiger partial charge is 0.360 e. The second-order valence-corrected chi connectivity index (χ2v) is 4.90. The molecule has 1 fully saturated rings. The van der Waals surface area contributed by atoms with Gasteiger partial charge in [0, 0.05) is 5.54 Å². The molecule has 1 aliphatic rings. The topological polar surface area (TPSA) is 70.1 Å². The maximum Gasteiger partial charge on any atom is 0.360 e. The summed E-state index contributed by atoms with van der Waals surface area (Å²) < 4.78 is 6.58. The molecule has 0 saturated heterocycles. The minimum atomic E-state index is -0.472. The molecule has 5 heteroatoms. The quantitative estimate of drug-likeness (QED) is 0.798. The first kappa shape index (κ1) is 12.0. The molecule has 1 aromatic heterocycles. The lowest BCUT2D eigenvalue weighted by molar-refractivity contribution is 0.0595. The molecule has 94 valence electrons. The molecule has 17 heavy (non-hydrogen) atoms. The van der Waals surface area contributed by atoms with Gasteiger partial charge in [0.15, 0.2) is 5.69 Å². The number of ether oxygens (including phenoxy) is 1. The highest BCUT2D eigenvalue weighted by Gasteiger charge is 2.32. The number of imidazole rings is 1. The molecule has 0 spiro atoms. The second-order valence-electron chi connectivity index (χ2n) is 4.90. The zero-order chi connectivity index (χ0) is 12.5. The van der Waals surface area contributed by atoms with Gasteiger partial charge in [-0.2, -0.15) is 0 Å². The molecule has 0 atom stereocenters. The lowest BCUT2D eigenvalue weighted by atomic mass is 9.83. The molecule has 0 amide bonds. The fourth-order valence-electron chi connectivity index (χ4n) is 2.60. The maximum atomic E-state index is 11.5. The normalized spacial score (nSPS) is 18.9. The third-order valence-corrected chi connectivity index (χ3v) is 3.70. The van der Waals surface area contributed by atoms with Crippen LogP contribution in [-0.2, 0) is 10.3 Å². The van der Waals surface area contributed by atoms with E-state index in [0.717, 1.165) is 12.8 Å². The van der Waals surface area contributed by atoms with E-state index >= 15 is 0 Å². The highest BCUT2D eigenvalue weighted by atomic mass is 16.5. The first-order chi connectivity index (χ1) is 8.08. The Morgan fingerprint density at radius 3 is 2.71 bits per heavy atom. The van der Waals surface area contributed by atoms with E-state index in [4.69, 9.17) is 5.73 Å². The molecule has 0 aliphatic heterocycles. The molecular formula is C12H19N3O2. The third-order valence-electron chi connectivity index (χ3n) is 3.70. The number of methoxy groups -OCH3 is 1. The van der Waals surface area contributed by atoms with Crippen LogP contribution in [0.4, 0.5) is 5.82 Å². The van der Waals surface area contributed by atoms with Crippen molar-refractivity contribution in [2.45, 2.75) is 44.6 Å². The predicted octanol–water partition coefficient (Wildman–Crippen LogP) is 1.93. The van der Waals surface area contributed by atoms with Gasteiger partial charge in [-0.1, -0.05) is 19.3 Å². The number of anilines is 1. The van der Waals surface area contributed by atoms with Crippen LogP contribution in [0.5, 0.6) is 0 Å². The first-order valence-corrected chi connectivity index (χ1v) is 6.00. The van der Waals surface area contributed by atoms with Crippen LogP contribution >= 0.6 is 0 Å². The van der Waals surface area contributed by atoms with Crippen molar-refractivity contribution in [1.82, 2.24) is 9.55 Å². The summed E-state index contributed by atoms with van der Waals surface area (Å²) in [5, 5.41) is 0. The Hall–Kier alpha value is -1.52. The number of hydrogen-bond donors (Lipinski definition) is 1. The van der Waals surface area contributed by atoms with Gasteiger partial charge in [0.1, 0.15) is 5.82 Å². The van der Waals surface area contributed by atoms with E-state index in [1.807, 2.05) is 4.57 Å². The van der Waals surface area contributed by atoms with Crippen molar-refractivity contribution >= 4 is 11.8 Å². The van der Waals surface area contributed by atoms with E-state index in [9.17, 15) is 4.79 Å². The SMILES string of the molecule is COC(=O)c1ncn(C2(C)CCCCC2)c1N. The third kappa shape index (κ3) is 2.01. The zero-order valence-electron chi connectivity index (χ0n) is 10.4. The minimum absolute atomic E-state index is 0.0123. The molecule has 1 aliphatic carbocycles. The fraction of sp³-hybridized carbons (Fsp3) is 0.667. The van der Waals surface area contributed by atoms with E-state index < -0.39 is 5.97 Å². The Balaban J connectivity index is 2.33. The molecule has 0 bridgehead atoms. The molecule has 2 N–H and O–H groups in total. The Bertz CT molecular complexity index is 419. The molecule has 1 saturated carbocycles. The minimum Gasteiger partial charge on any atom is -0.464 e. The van der Waals surface area contributed by atoms with Crippen LogP contribution in [0.25, 0.3) is 0 Å². The van der Waals surface area contributed by atoms with Gasteiger partial charge in [-0.05, 0) is 19.8 Å². The highest BCUT2D eigenvalue weighted by molar-refractivity contribution is 5.92. The zero-order valence-corrected chi connectivity index (χ0v) is 10.4. The van der Waals surface area contributed by atoms with Gasteiger partial charge < -0.3 is 15.0 Å². The summed E-state index contributed by atoms with van der Waals surface area (Å²) in [5.41, 5.74) is 6.20. The van der Waals surface area contributed by atoms with Gasteiger partial charge in [0.05, 0.1) is 13.4 Å². The van der Waals surface area contributed by atoms with Gasteiger partial charge in [0.2, 0.25) is 0 Å². The summed E-state index contributed by atoms with van der Waals surface area (Å²) in [6, 6.07) is 0. The van der Waals surface area contributed by atoms with E-state index in [0.29, 0.717) is 5.82 Å². The van der Waals surface area contributed by atoms with Gasteiger partial charge in [-0.25, -0.2) is 9.78 Å². The summed E-state index contributed by atoms with van der Waals surface area (Å²) in [7, 11) is 1.34. The number of nitrogens with zero attached hydrogens (tertiary/aromatic N) is 2. The predicted molar refractivity (Wildman–Crippen MR) is 64.7 cm³/mol. The number of nitrogens with two attached hydrogens (primary N) is 1. The van der Waals surface area contributed by atoms with E-state index in [-0.39, 0.29) is 11.2 Å². The van der Waals surface area contributed by atoms with Crippen molar-refractivity contribution in [1.29, 1.82) is 0 Å². The standard InChI is InChI=1S/C12H19N3O2/c1-12(6-4-3-5-7-12)15-8-14-9(10(15)13)11(16)17-2/h8H,3-7,13H2,1-2H3. The molecule has 1 aromatic rings. The molecule has 5 nitrogen and oxygen atoms in total. The molecular weight excluding hydrogens is 218 g/mol. The number of nitrogen functional groups attached to an aromatic ring is 1. The van der Waals surface area contributed by atoms with Crippen LogP contribution in [0.3, 0.4) is 0 Å². The maximum absolute atomic E-state index is 11.5. The van der Waals surface area contributed by atoms with Crippen LogP contribution in [-0.4, -0.2) is 22.6 Å². The van der Waals surface area contributed by atoms with Crippen LogP contribution in [0.2, 0.25) is 0 Å². The van der Waals surface area contributed by atoms with Crippen molar-refractivity contribution < 1.29 is 9.53 Å². The van der Waals surface area contributed by atoms with Crippen molar-refractivity contribution in [2.24, 2.45) is 0 Å². The highest BCUT2D eigenvalue weighted by Crippen LogP contribution is 2.36. The summed E-state index contributed by atoms with van der Waals surface area (Å²) >= 11 is 0. The monoisotopic (exact) mass is 237 g/mol. The number of esters is 1. The number of carbonyl (C=O) groups excluding carboxylic acids is 1. The first-order valence-electron chi connectivity index (χ1n) is 6.00. The van der Waals surface area contributed by atoms with Gasteiger partial charge in [0.25, 0.3) is 0 Å². The summed E-state index contributed by atoms with van der Waals surface area (Å²) in [4.78, 5) is 15.5. The van der Waals surface area contributed by atoms with Crippen molar-refractivity contribution in [3.63, 3.8) is 0 Å². The Kier molecular flexibility index (Phi) is 3.09. The summed E-state index contributed by atoms with van der Waals surface area (Å²) in [6.07, 6.45) is 7.48. The fourth-order valence-corrected chi connectivity index (χ4v) is 2.60. The molecule has 2 rings (SSSR count). The summed E-state index contributed by atoms with van der Waals surface area (Å²) in [6.45, 7) is 2.17. The Morgan fingerprint density at radius 2 is 2.12 bits per heavy atom. The molecule has 1 heterocycles. The number of carbonyl (C=O) groups is 1. The molecule has 0 radical (unpaired) electrons. The van der Waals surface area contributed by atoms with Gasteiger partial charge >= 0.3 is 5.97 Å². The Morgan fingerprint density at radius 1 is 1.47 bits per heavy atom. The average Bonchev–Trinajstić information content (AvgIpc) is 2.72. The van der Waals surface area contributed by atoms with Crippen LogP contribution in [0.1, 0.15) is 49.5 Å². The number of hydrogen-bond acceptors (Lipinski definition) is 4. The number of aromatic nitrogens is 2. The van der Waals surface area contributed by atoms with Gasteiger partial charge in [-0.15, -0.1) is 0 Å².